The molecule has 0 bridgehead atoms. The van der Waals surface area contributed by atoms with E-state index in [9.17, 15) is 4.79 Å². The molecule has 0 aliphatic rings. The molecule has 1 amide bonds. The SMILES string of the molecule is CCNCCNC(=O)c1ccc(SCc2ccccc2)cc1.Cl. The van der Waals surface area contributed by atoms with Crippen LogP contribution in [-0.4, -0.2) is 25.5 Å². The zero-order valence-electron chi connectivity index (χ0n) is 13.2. The molecule has 23 heavy (non-hydrogen) atoms. The Balaban J connectivity index is 0.00000264. The highest BCUT2D eigenvalue weighted by Gasteiger charge is 2.04. The Morgan fingerprint density at radius 2 is 1.70 bits per heavy atom. The third kappa shape index (κ3) is 7.08. The Morgan fingerprint density at radius 3 is 2.35 bits per heavy atom. The fourth-order valence-corrected chi connectivity index (χ4v) is 2.84. The van der Waals surface area contributed by atoms with Crippen LogP contribution < -0.4 is 10.6 Å². The average Bonchev–Trinajstić information content (AvgIpc) is 2.58. The first-order chi connectivity index (χ1) is 10.8. The molecule has 2 N–H and O–H groups in total. The maximum atomic E-state index is 12.0. The van der Waals surface area contributed by atoms with Crippen molar-refractivity contribution in [3.8, 4) is 0 Å². The monoisotopic (exact) mass is 350 g/mol. The van der Waals surface area contributed by atoms with Crippen molar-refractivity contribution < 1.29 is 4.79 Å². The number of carbonyl (C=O) groups excluding carboxylic acids is 1. The lowest BCUT2D eigenvalue weighted by Gasteiger charge is -2.07. The molecular weight excluding hydrogens is 328 g/mol. The summed E-state index contributed by atoms with van der Waals surface area (Å²) in [5.41, 5.74) is 2.01. The van der Waals surface area contributed by atoms with E-state index in [1.165, 1.54) is 10.5 Å². The van der Waals surface area contributed by atoms with Gasteiger partial charge in [0.25, 0.3) is 5.91 Å². The molecule has 2 aromatic rings. The molecule has 0 aliphatic carbocycles. The smallest absolute Gasteiger partial charge is 0.251 e. The average molecular weight is 351 g/mol. The Morgan fingerprint density at radius 1 is 1.00 bits per heavy atom. The fourth-order valence-electron chi connectivity index (χ4n) is 1.99. The van der Waals surface area contributed by atoms with Gasteiger partial charge in [-0.1, -0.05) is 37.3 Å². The number of carbonyl (C=O) groups is 1. The first-order valence-electron chi connectivity index (χ1n) is 7.55. The van der Waals surface area contributed by atoms with Gasteiger partial charge >= 0.3 is 0 Å². The predicted octanol–water partition coefficient (Wildman–Crippen LogP) is 3.74. The van der Waals surface area contributed by atoms with Gasteiger partial charge < -0.3 is 10.6 Å². The number of hydrogen-bond donors (Lipinski definition) is 2. The second-order valence-corrected chi connectivity index (χ2v) is 5.96. The van der Waals surface area contributed by atoms with Crippen molar-refractivity contribution >= 4 is 30.1 Å². The van der Waals surface area contributed by atoms with Crippen LogP contribution in [0.15, 0.2) is 59.5 Å². The van der Waals surface area contributed by atoms with Gasteiger partial charge in [-0.15, -0.1) is 24.2 Å². The van der Waals surface area contributed by atoms with Gasteiger partial charge in [0, 0.05) is 29.3 Å². The van der Waals surface area contributed by atoms with Gasteiger partial charge in [0.2, 0.25) is 0 Å². The van der Waals surface area contributed by atoms with Crippen molar-refractivity contribution in [2.24, 2.45) is 0 Å². The maximum Gasteiger partial charge on any atom is 0.251 e. The molecule has 0 atom stereocenters. The summed E-state index contributed by atoms with van der Waals surface area (Å²) in [5, 5.41) is 6.08. The van der Waals surface area contributed by atoms with Crippen molar-refractivity contribution in [3.63, 3.8) is 0 Å². The summed E-state index contributed by atoms with van der Waals surface area (Å²) in [4.78, 5) is 13.1. The van der Waals surface area contributed by atoms with E-state index in [1.807, 2.05) is 37.3 Å². The van der Waals surface area contributed by atoms with Gasteiger partial charge in [0.05, 0.1) is 0 Å². The first kappa shape index (κ1) is 19.6. The second kappa shape index (κ2) is 11.1. The van der Waals surface area contributed by atoms with E-state index in [0.29, 0.717) is 12.1 Å². The topological polar surface area (TPSA) is 41.1 Å². The molecule has 0 fully saturated rings. The van der Waals surface area contributed by atoms with Crippen LogP contribution in [-0.2, 0) is 5.75 Å². The van der Waals surface area contributed by atoms with E-state index in [0.717, 1.165) is 18.8 Å². The largest absolute Gasteiger partial charge is 0.351 e. The van der Waals surface area contributed by atoms with Crippen LogP contribution in [0.1, 0.15) is 22.8 Å². The van der Waals surface area contributed by atoms with Crippen LogP contribution in [0.25, 0.3) is 0 Å². The number of nitrogens with one attached hydrogen (secondary N) is 2. The van der Waals surface area contributed by atoms with Crippen molar-refractivity contribution in [3.05, 3.63) is 65.7 Å². The normalized spacial score (nSPS) is 9.96. The van der Waals surface area contributed by atoms with Gasteiger partial charge in [-0.3, -0.25) is 4.79 Å². The summed E-state index contributed by atoms with van der Waals surface area (Å²) < 4.78 is 0. The number of halogens is 1. The lowest BCUT2D eigenvalue weighted by atomic mass is 10.2. The van der Waals surface area contributed by atoms with E-state index < -0.39 is 0 Å². The molecule has 0 saturated heterocycles. The molecule has 0 radical (unpaired) electrons. The summed E-state index contributed by atoms with van der Waals surface area (Å²) in [5.74, 6) is 0.923. The molecule has 0 saturated carbocycles. The summed E-state index contributed by atoms with van der Waals surface area (Å²) >= 11 is 1.78. The Hall–Kier alpha value is -1.49. The highest BCUT2D eigenvalue weighted by atomic mass is 35.5. The van der Waals surface area contributed by atoms with Gasteiger partial charge in [-0.25, -0.2) is 0 Å². The molecule has 0 spiro atoms. The lowest BCUT2D eigenvalue weighted by molar-refractivity contribution is 0.0954. The van der Waals surface area contributed by atoms with Crippen LogP contribution in [0.2, 0.25) is 0 Å². The van der Waals surface area contributed by atoms with Gasteiger partial charge in [0.15, 0.2) is 0 Å². The van der Waals surface area contributed by atoms with Gasteiger partial charge in [0.1, 0.15) is 0 Å². The van der Waals surface area contributed by atoms with Crippen LogP contribution in [0, 0.1) is 0 Å². The zero-order chi connectivity index (χ0) is 15.6. The van der Waals surface area contributed by atoms with Gasteiger partial charge in [-0.2, -0.15) is 0 Å². The molecule has 0 aromatic heterocycles. The molecular formula is C18H23ClN2OS. The highest BCUT2D eigenvalue weighted by Crippen LogP contribution is 2.22. The van der Waals surface area contributed by atoms with E-state index in [2.05, 4.69) is 34.9 Å². The van der Waals surface area contributed by atoms with Crippen LogP contribution in [0.4, 0.5) is 0 Å². The molecule has 3 nitrogen and oxygen atoms in total. The minimum atomic E-state index is -0.0162. The number of thioether (sulfide) groups is 1. The second-order valence-electron chi connectivity index (χ2n) is 4.91. The third-order valence-corrected chi connectivity index (χ3v) is 4.29. The molecule has 2 aromatic carbocycles. The maximum absolute atomic E-state index is 12.0. The number of likely N-dealkylation sites (N-methyl/N-ethyl adjacent to an activating group) is 1. The van der Waals surface area contributed by atoms with Crippen LogP contribution >= 0.6 is 24.2 Å². The Kier molecular flexibility index (Phi) is 9.45. The number of hydrogen-bond acceptors (Lipinski definition) is 3. The molecule has 0 unspecified atom stereocenters. The number of benzene rings is 2. The molecule has 0 aliphatic heterocycles. The minimum absolute atomic E-state index is 0. The highest BCUT2D eigenvalue weighted by molar-refractivity contribution is 7.98. The van der Waals surface area contributed by atoms with Crippen molar-refractivity contribution in [1.82, 2.24) is 10.6 Å². The number of amides is 1. The zero-order valence-corrected chi connectivity index (χ0v) is 14.9. The third-order valence-electron chi connectivity index (χ3n) is 3.20. The van der Waals surface area contributed by atoms with E-state index in [1.54, 1.807) is 11.8 Å². The van der Waals surface area contributed by atoms with Crippen LogP contribution in [0.3, 0.4) is 0 Å². The molecule has 5 heteroatoms. The lowest BCUT2D eigenvalue weighted by Crippen LogP contribution is -2.31. The standard InChI is InChI=1S/C18H22N2OS.ClH/c1-2-19-12-13-20-18(21)16-8-10-17(11-9-16)22-14-15-6-4-3-5-7-15;/h3-11,19H,2,12-14H2,1H3,(H,20,21);1H. The molecule has 2 rings (SSSR count). The van der Waals surface area contributed by atoms with E-state index in [4.69, 9.17) is 0 Å². The first-order valence-corrected chi connectivity index (χ1v) is 8.54. The van der Waals surface area contributed by atoms with Crippen LogP contribution in [0.5, 0.6) is 0 Å². The summed E-state index contributed by atoms with van der Waals surface area (Å²) in [6, 6.07) is 18.2. The summed E-state index contributed by atoms with van der Waals surface area (Å²) in [6.45, 7) is 4.42. The summed E-state index contributed by atoms with van der Waals surface area (Å²) in [7, 11) is 0. The molecule has 124 valence electrons. The van der Waals surface area contributed by atoms with Gasteiger partial charge in [-0.05, 0) is 36.4 Å². The predicted molar refractivity (Wildman–Crippen MR) is 101 cm³/mol. The van der Waals surface area contributed by atoms with Crippen molar-refractivity contribution in [1.29, 1.82) is 0 Å². The Labute approximate surface area is 148 Å². The van der Waals surface area contributed by atoms with Crippen molar-refractivity contribution in [2.75, 3.05) is 19.6 Å². The quantitative estimate of drug-likeness (QED) is 0.563. The summed E-state index contributed by atoms with van der Waals surface area (Å²) in [6.07, 6.45) is 0. The van der Waals surface area contributed by atoms with E-state index in [-0.39, 0.29) is 18.3 Å². The van der Waals surface area contributed by atoms with Crippen molar-refractivity contribution in [2.45, 2.75) is 17.6 Å². The molecule has 0 heterocycles. The fraction of sp³-hybridized carbons (Fsp3) is 0.278. The van der Waals surface area contributed by atoms with E-state index >= 15 is 0 Å². The Bertz CT molecular complexity index is 575. The number of rotatable bonds is 8. The minimum Gasteiger partial charge on any atom is -0.351 e.